The van der Waals surface area contributed by atoms with E-state index in [-0.39, 0.29) is 0 Å². The highest BCUT2D eigenvalue weighted by Gasteiger charge is 2.06. The van der Waals surface area contributed by atoms with Gasteiger partial charge in [-0.05, 0) is 19.1 Å². The van der Waals surface area contributed by atoms with E-state index in [9.17, 15) is 0 Å². The molecule has 0 aliphatic heterocycles. The van der Waals surface area contributed by atoms with Crippen molar-refractivity contribution in [3.8, 4) is 11.3 Å². The highest BCUT2D eigenvalue weighted by Crippen LogP contribution is 2.24. The largest absolute Gasteiger partial charge is 0.354 e. The summed E-state index contributed by atoms with van der Waals surface area (Å²) in [6.45, 7) is 2.06. The molecule has 1 aromatic heterocycles. The van der Waals surface area contributed by atoms with Crippen LogP contribution < -0.4 is 5.32 Å². The third-order valence-corrected chi connectivity index (χ3v) is 2.89. The van der Waals surface area contributed by atoms with E-state index in [1.807, 2.05) is 48.5 Å². The third kappa shape index (κ3) is 2.65. The Kier molecular flexibility index (Phi) is 3.02. The van der Waals surface area contributed by atoms with Gasteiger partial charge in [0.25, 0.3) is 0 Å². The summed E-state index contributed by atoms with van der Waals surface area (Å²) in [5, 5.41) is 7.24. The van der Waals surface area contributed by atoms with E-state index in [1.165, 1.54) is 5.56 Å². The van der Waals surface area contributed by atoms with Crippen LogP contribution >= 0.6 is 0 Å². The number of benzene rings is 2. The summed E-state index contributed by atoms with van der Waals surface area (Å²) < 4.78 is 5.33. The van der Waals surface area contributed by atoms with Crippen molar-refractivity contribution in [3.63, 3.8) is 0 Å². The smallest absolute Gasteiger partial charge is 0.174 e. The molecule has 19 heavy (non-hydrogen) atoms. The van der Waals surface area contributed by atoms with Crippen LogP contribution in [0.2, 0.25) is 0 Å². The van der Waals surface area contributed by atoms with Gasteiger partial charge in [-0.25, -0.2) is 0 Å². The predicted molar refractivity (Wildman–Crippen MR) is 76.4 cm³/mol. The number of hydrogen-bond donors (Lipinski definition) is 1. The Morgan fingerprint density at radius 3 is 2.42 bits per heavy atom. The van der Waals surface area contributed by atoms with Gasteiger partial charge in [0, 0.05) is 17.3 Å². The number of anilines is 2. The fourth-order valence-corrected chi connectivity index (χ4v) is 1.86. The molecule has 0 aliphatic carbocycles. The van der Waals surface area contributed by atoms with Gasteiger partial charge in [0.05, 0.1) is 0 Å². The second-order valence-electron chi connectivity index (χ2n) is 4.43. The van der Waals surface area contributed by atoms with Crippen molar-refractivity contribution in [1.82, 2.24) is 5.16 Å². The van der Waals surface area contributed by atoms with Gasteiger partial charge in [0.15, 0.2) is 11.6 Å². The molecule has 0 radical (unpaired) electrons. The van der Waals surface area contributed by atoms with Crippen molar-refractivity contribution in [1.29, 1.82) is 0 Å². The maximum atomic E-state index is 5.33. The first kappa shape index (κ1) is 11.5. The fourth-order valence-electron chi connectivity index (χ4n) is 1.86. The fraction of sp³-hybridized carbons (Fsp3) is 0.0625. The highest BCUT2D eigenvalue weighted by atomic mass is 16.5. The molecule has 3 heteroatoms. The lowest BCUT2D eigenvalue weighted by atomic mass is 10.2. The molecule has 3 nitrogen and oxygen atoms in total. The van der Waals surface area contributed by atoms with E-state index in [4.69, 9.17) is 4.52 Å². The first-order valence-electron chi connectivity index (χ1n) is 6.17. The molecule has 0 aliphatic rings. The van der Waals surface area contributed by atoms with Gasteiger partial charge in [-0.3, -0.25) is 0 Å². The molecule has 94 valence electrons. The Morgan fingerprint density at radius 1 is 0.947 bits per heavy atom. The van der Waals surface area contributed by atoms with Gasteiger partial charge in [-0.1, -0.05) is 53.2 Å². The third-order valence-electron chi connectivity index (χ3n) is 2.89. The Bertz CT molecular complexity index is 657. The maximum Gasteiger partial charge on any atom is 0.174 e. The first-order chi connectivity index (χ1) is 9.31. The summed E-state index contributed by atoms with van der Waals surface area (Å²) in [5.74, 6) is 1.47. The highest BCUT2D eigenvalue weighted by molar-refractivity contribution is 5.64. The summed E-state index contributed by atoms with van der Waals surface area (Å²) in [5.41, 5.74) is 3.25. The van der Waals surface area contributed by atoms with Crippen molar-refractivity contribution in [2.24, 2.45) is 0 Å². The van der Waals surface area contributed by atoms with Crippen molar-refractivity contribution < 1.29 is 4.52 Å². The van der Waals surface area contributed by atoms with Crippen LogP contribution in [-0.2, 0) is 0 Å². The number of aromatic nitrogens is 1. The van der Waals surface area contributed by atoms with Crippen LogP contribution in [0.25, 0.3) is 11.3 Å². The van der Waals surface area contributed by atoms with Crippen molar-refractivity contribution in [2.75, 3.05) is 5.32 Å². The summed E-state index contributed by atoms with van der Waals surface area (Å²) in [6, 6.07) is 20.0. The maximum absolute atomic E-state index is 5.33. The van der Waals surface area contributed by atoms with Gasteiger partial charge in [0.1, 0.15) is 0 Å². The second kappa shape index (κ2) is 4.98. The van der Waals surface area contributed by atoms with Gasteiger partial charge < -0.3 is 9.84 Å². The molecule has 0 saturated heterocycles. The van der Waals surface area contributed by atoms with Crippen LogP contribution in [0, 0.1) is 6.92 Å². The zero-order valence-electron chi connectivity index (χ0n) is 10.6. The van der Waals surface area contributed by atoms with Crippen molar-refractivity contribution in [2.45, 2.75) is 6.92 Å². The van der Waals surface area contributed by atoms with Gasteiger partial charge in [-0.2, -0.15) is 0 Å². The Balaban J connectivity index is 1.80. The second-order valence-corrected chi connectivity index (χ2v) is 4.43. The van der Waals surface area contributed by atoms with E-state index in [1.54, 1.807) is 0 Å². The Morgan fingerprint density at radius 2 is 1.68 bits per heavy atom. The average molecular weight is 250 g/mol. The molecule has 3 rings (SSSR count). The van der Waals surface area contributed by atoms with Gasteiger partial charge in [-0.15, -0.1) is 0 Å². The van der Waals surface area contributed by atoms with Gasteiger partial charge in [0.2, 0.25) is 0 Å². The summed E-state index contributed by atoms with van der Waals surface area (Å²) in [6.07, 6.45) is 0. The molecule has 3 aromatic rings. The number of nitrogens with one attached hydrogen (secondary N) is 1. The van der Waals surface area contributed by atoms with Crippen molar-refractivity contribution >= 4 is 11.5 Å². The molecule has 0 spiro atoms. The molecule has 1 N–H and O–H groups in total. The summed E-state index contributed by atoms with van der Waals surface area (Å²) >= 11 is 0. The molecule has 2 aromatic carbocycles. The molecular formula is C16H14N2O. The van der Waals surface area contributed by atoms with Crippen LogP contribution in [0.3, 0.4) is 0 Å². The summed E-state index contributed by atoms with van der Waals surface area (Å²) in [7, 11) is 0. The standard InChI is InChI=1S/C16H14N2O/c1-12-7-9-14(10-8-12)17-16-11-15(19-18-16)13-5-3-2-4-6-13/h2-11H,1H3,(H,17,18). The molecule has 1 heterocycles. The van der Waals surface area contributed by atoms with E-state index >= 15 is 0 Å². The van der Waals surface area contributed by atoms with Crippen LogP contribution in [0.15, 0.2) is 65.2 Å². The first-order valence-corrected chi connectivity index (χ1v) is 6.17. The average Bonchev–Trinajstić information content (AvgIpc) is 2.91. The van der Waals surface area contributed by atoms with Gasteiger partial charge >= 0.3 is 0 Å². The molecule has 0 bridgehead atoms. The van der Waals surface area contributed by atoms with Crippen LogP contribution in [0.1, 0.15) is 5.56 Å². The minimum Gasteiger partial charge on any atom is -0.354 e. The molecule has 0 unspecified atom stereocenters. The van der Waals surface area contributed by atoms with Crippen LogP contribution in [0.4, 0.5) is 11.5 Å². The quantitative estimate of drug-likeness (QED) is 0.749. The number of nitrogens with zero attached hydrogens (tertiary/aromatic N) is 1. The molecule has 0 fully saturated rings. The number of hydrogen-bond acceptors (Lipinski definition) is 3. The van der Waals surface area contributed by atoms with E-state index in [0.717, 1.165) is 17.0 Å². The topological polar surface area (TPSA) is 38.1 Å². The molecular weight excluding hydrogens is 236 g/mol. The zero-order chi connectivity index (χ0) is 13.1. The van der Waals surface area contributed by atoms with E-state index in [2.05, 4.69) is 29.5 Å². The van der Waals surface area contributed by atoms with Crippen LogP contribution in [-0.4, -0.2) is 5.16 Å². The normalized spacial score (nSPS) is 10.4. The monoisotopic (exact) mass is 250 g/mol. The minimum atomic E-state index is 0.711. The molecule has 0 saturated carbocycles. The molecule has 0 atom stereocenters. The lowest BCUT2D eigenvalue weighted by Crippen LogP contribution is -1.89. The number of aryl methyl sites for hydroxylation is 1. The Hall–Kier alpha value is -2.55. The zero-order valence-corrected chi connectivity index (χ0v) is 10.6. The van der Waals surface area contributed by atoms with Crippen molar-refractivity contribution in [3.05, 3.63) is 66.2 Å². The van der Waals surface area contributed by atoms with E-state index < -0.39 is 0 Å². The van der Waals surface area contributed by atoms with E-state index in [0.29, 0.717) is 5.82 Å². The Labute approximate surface area is 111 Å². The lowest BCUT2D eigenvalue weighted by Gasteiger charge is -2.01. The lowest BCUT2D eigenvalue weighted by molar-refractivity contribution is 0.435. The number of rotatable bonds is 3. The summed E-state index contributed by atoms with van der Waals surface area (Å²) in [4.78, 5) is 0. The molecule has 0 amide bonds. The predicted octanol–water partition coefficient (Wildman–Crippen LogP) is 4.39. The SMILES string of the molecule is Cc1ccc(Nc2cc(-c3ccccc3)on2)cc1. The minimum absolute atomic E-state index is 0.711. The van der Waals surface area contributed by atoms with Crippen LogP contribution in [0.5, 0.6) is 0 Å².